The number of carbonyl (C=O) groups excluding carboxylic acids is 1. The minimum Gasteiger partial charge on any atom is -0.497 e. The van der Waals surface area contributed by atoms with Gasteiger partial charge in [-0.15, -0.1) is 0 Å². The lowest BCUT2D eigenvalue weighted by molar-refractivity contribution is 0.255. The lowest BCUT2D eigenvalue weighted by Gasteiger charge is -2.23. The highest BCUT2D eigenvalue weighted by Gasteiger charge is 2.54. The Labute approximate surface area is 156 Å². The number of anilines is 2. The van der Waals surface area contributed by atoms with Crippen LogP contribution in [0.15, 0.2) is 48.5 Å². The van der Waals surface area contributed by atoms with Gasteiger partial charge in [-0.25, -0.2) is 13.2 Å². The van der Waals surface area contributed by atoms with Gasteiger partial charge in [0.15, 0.2) is 9.84 Å². The summed E-state index contributed by atoms with van der Waals surface area (Å²) in [6.07, 6.45) is 0. The molecule has 2 aromatic carbocycles. The number of rotatable bonds is 3. The lowest BCUT2D eigenvalue weighted by Crippen LogP contribution is -2.37. The third-order valence-electron chi connectivity index (χ3n) is 4.79. The van der Waals surface area contributed by atoms with Crippen LogP contribution in [-0.2, 0) is 9.84 Å². The molecule has 2 atom stereocenters. The molecule has 0 spiro atoms. The average molecular weight is 393 g/mol. The number of ether oxygens (including phenoxy) is 1. The second-order valence-electron chi connectivity index (χ2n) is 6.42. The van der Waals surface area contributed by atoms with Crippen LogP contribution in [0.3, 0.4) is 0 Å². The van der Waals surface area contributed by atoms with Gasteiger partial charge in [-0.05, 0) is 30.3 Å². The molecule has 8 heteroatoms. The summed E-state index contributed by atoms with van der Waals surface area (Å²) in [4.78, 5) is 16.3. The normalized spacial score (nSPS) is 24.0. The maximum absolute atomic E-state index is 13.2. The maximum atomic E-state index is 13.2. The van der Waals surface area contributed by atoms with Crippen molar-refractivity contribution in [3.63, 3.8) is 0 Å². The molecule has 2 aliphatic heterocycles. The number of hydrogen-bond donors (Lipinski definition) is 0. The summed E-state index contributed by atoms with van der Waals surface area (Å²) in [6, 6.07) is 12.8. The predicted molar refractivity (Wildman–Crippen MR) is 101 cm³/mol. The minimum atomic E-state index is -3.24. The molecule has 0 aliphatic carbocycles. The zero-order chi connectivity index (χ0) is 18.5. The van der Waals surface area contributed by atoms with Crippen molar-refractivity contribution in [3.8, 4) is 5.75 Å². The van der Waals surface area contributed by atoms with Crippen molar-refractivity contribution in [2.75, 3.05) is 28.4 Å². The second-order valence-corrected chi connectivity index (χ2v) is 9.01. The van der Waals surface area contributed by atoms with Crippen LogP contribution in [0, 0.1) is 0 Å². The summed E-state index contributed by atoms with van der Waals surface area (Å²) in [6.45, 7) is 0. The van der Waals surface area contributed by atoms with Crippen LogP contribution in [0.25, 0.3) is 0 Å². The molecule has 0 bridgehead atoms. The number of urea groups is 1. The Morgan fingerprint density at radius 1 is 1.00 bits per heavy atom. The molecule has 0 radical (unpaired) electrons. The highest BCUT2D eigenvalue weighted by molar-refractivity contribution is 7.91. The molecule has 0 N–H and O–H groups in total. The first kappa shape index (κ1) is 17.2. The van der Waals surface area contributed by atoms with Crippen LogP contribution < -0.4 is 14.5 Å². The molecule has 2 amide bonds. The number of halogens is 1. The van der Waals surface area contributed by atoms with Crippen LogP contribution in [0.4, 0.5) is 16.2 Å². The van der Waals surface area contributed by atoms with E-state index in [4.69, 9.17) is 16.3 Å². The van der Waals surface area contributed by atoms with Crippen molar-refractivity contribution in [1.82, 2.24) is 0 Å². The van der Waals surface area contributed by atoms with E-state index in [1.165, 1.54) is 0 Å². The Bertz CT molecular complexity index is 979. The number of fused-ring (bicyclic) bond motifs is 1. The molecule has 6 nitrogen and oxygen atoms in total. The molecular formula is C18H17ClN2O4S. The van der Waals surface area contributed by atoms with E-state index in [1.54, 1.807) is 65.4 Å². The van der Waals surface area contributed by atoms with Gasteiger partial charge in [-0.1, -0.05) is 23.7 Å². The molecule has 136 valence electrons. The molecule has 26 heavy (non-hydrogen) atoms. The molecule has 0 aromatic heterocycles. The van der Waals surface area contributed by atoms with Crippen molar-refractivity contribution in [1.29, 1.82) is 0 Å². The quantitative estimate of drug-likeness (QED) is 0.753. The van der Waals surface area contributed by atoms with Gasteiger partial charge in [0.1, 0.15) is 5.75 Å². The van der Waals surface area contributed by atoms with E-state index in [2.05, 4.69) is 0 Å². The van der Waals surface area contributed by atoms with Crippen molar-refractivity contribution < 1.29 is 17.9 Å². The largest absolute Gasteiger partial charge is 0.497 e. The van der Waals surface area contributed by atoms with Crippen molar-refractivity contribution in [2.45, 2.75) is 12.1 Å². The van der Waals surface area contributed by atoms with E-state index in [1.807, 2.05) is 0 Å². The fraction of sp³-hybridized carbons (Fsp3) is 0.278. The molecule has 2 heterocycles. The van der Waals surface area contributed by atoms with Gasteiger partial charge in [-0.3, -0.25) is 9.80 Å². The van der Waals surface area contributed by atoms with Gasteiger partial charge in [0.2, 0.25) is 0 Å². The van der Waals surface area contributed by atoms with Gasteiger partial charge >= 0.3 is 6.03 Å². The molecule has 2 aliphatic rings. The van der Waals surface area contributed by atoms with Crippen LogP contribution >= 0.6 is 11.6 Å². The van der Waals surface area contributed by atoms with E-state index in [9.17, 15) is 13.2 Å². The Kier molecular flexibility index (Phi) is 4.08. The van der Waals surface area contributed by atoms with E-state index in [-0.39, 0.29) is 17.5 Å². The zero-order valence-corrected chi connectivity index (χ0v) is 15.6. The molecular weight excluding hydrogens is 376 g/mol. The first-order valence-corrected chi connectivity index (χ1v) is 10.3. The predicted octanol–water partition coefficient (Wildman–Crippen LogP) is 2.96. The van der Waals surface area contributed by atoms with Crippen LogP contribution in [-0.4, -0.2) is 45.1 Å². The van der Waals surface area contributed by atoms with Crippen molar-refractivity contribution >= 4 is 38.8 Å². The molecule has 0 unspecified atom stereocenters. The third kappa shape index (κ3) is 2.81. The summed E-state index contributed by atoms with van der Waals surface area (Å²) < 4.78 is 29.8. The fourth-order valence-corrected chi connectivity index (χ4v) is 5.80. The Morgan fingerprint density at radius 3 is 2.15 bits per heavy atom. The summed E-state index contributed by atoms with van der Waals surface area (Å²) in [5.41, 5.74) is 1.21. The van der Waals surface area contributed by atoms with E-state index >= 15 is 0 Å². The second kappa shape index (κ2) is 6.17. The Hall–Kier alpha value is -2.25. The molecule has 2 fully saturated rings. The summed E-state index contributed by atoms with van der Waals surface area (Å²) in [5.74, 6) is 0.488. The van der Waals surface area contributed by atoms with Gasteiger partial charge in [0.05, 0.1) is 30.7 Å². The number of benzene rings is 2. The van der Waals surface area contributed by atoms with E-state index < -0.39 is 21.9 Å². The summed E-state index contributed by atoms with van der Waals surface area (Å²) in [5, 5.41) is 0.493. The Morgan fingerprint density at radius 2 is 1.58 bits per heavy atom. The SMILES string of the molecule is COc1cccc(N2C(=O)N(c3cccc(Cl)c3)[C@H]3CS(=O)(=O)C[C@@H]32)c1. The number of nitrogens with zero attached hydrogens (tertiary/aromatic N) is 2. The molecule has 2 aromatic rings. The number of sulfone groups is 1. The van der Waals surface area contributed by atoms with Gasteiger partial charge in [-0.2, -0.15) is 0 Å². The minimum absolute atomic E-state index is 0.0579. The van der Waals surface area contributed by atoms with Crippen LogP contribution in [0.5, 0.6) is 5.75 Å². The standard InChI is InChI=1S/C18H17ClN2O4S/c1-25-15-7-3-6-14(9-15)21-17-11-26(23,24)10-16(17)20(18(21)22)13-5-2-4-12(19)8-13/h2-9,16-17H,10-11H2,1H3/t16-,17-/m0/s1. The highest BCUT2D eigenvalue weighted by atomic mass is 35.5. The number of amides is 2. The average Bonchev–Trinajstić information content (AvgIpc) is 3.03. The van der Waals surface area contributed by atoms with Crippen molar-refractivity contribution in [3.05, 3.63) is 53.6 Å². The lowest BCUT2D eigenvalue weighted by atomic mass is 10.1. The number of carbonyl (C=O) groups is 1. The van der Waals surface area contributed by atoms with E-state index in [0.29, 0.717) is 22.1 Å². The van der Waals surface area contributed by atoms with Crippen LogP contribution in [0.1, 0.15) is 0 Å². The Balaban J connectivity index is 1.81. The fourth-order valence-electron chi connectivity index (χ4n) is 3.69. The van der Waals surface area contributed by atoms with Crippen molar-refractivity contribution in [2.24, 2.45) is 0 Å². The van der Waals surface area contributed by atoms with Gasteiger partial charge < -0.3 is 4.74 Å². The molecule has 2 saturated heterocycles. The highest BCUT2D eigenvalue weighted by Crippen LogP contribution is 2.39. The van der Waals surface area contributed by atoms with Crippen LogP contribution in [0.2, 0.25) is 5.02 Å². The van der Waals surface area contributed by atoms with Gasteiger partial charge in [0.25, 0.3) is 0 Å². The summed E-state index contributed by atoms with van der Waals surface area (Å²) in [7, 11) is -1.69. The zero-order valence-electron chi connectivity index (χ0n) is 14.0. The van der Waals surface area contributed by atoms with Gasteiger partial charge in [0, 0.05) is 22.5 Å². The monoisotopic (exact) mass is 392 g/mol. The smallest absolute Gasteiger partial charge is 0.329 e. The number of hydrogen-bond acceptors (Lipinski definition) is 4. The molecule has 4 rings (SSSR count). The summed E-state index contributed by atoms with van der Waals surface area (Å²) >= 11 is 6.08. The molecule has 0 saturated carbocycles. The first-order chi connectivity index (χ1) is 12.4. The topological polar surface area (TPSA) is 66.9 Å². The maximum Gasteiger partial charge on any atom is 0.329 e. The third-order valence-corrected chi connectivity index (χ3v) is 6.72. The van der Waals surface area contributed by atoms with E-state index in [0.717, 1.165) is 0 Å². The first-order valence-electron chi connectivity index (χ1n) is 8.12. The number of methoxy groups -OCH3 is 1.